The number of carbonyl (C=O) groups is 1. The van der Waals surface area contributed by atoms with Crippen molar-refractivity contribution in [2.75, 3.05) is 5.75 Å². The molecule has 2 rings (SSSR count). The Hall–Kier alpha value is -1.04. The van der Waals surface area contributed by atoms with Crippen molar-refractivity contribution in [3.63, 3.8) is 0 Å². The van der Waals surface area contributed by atoms with Gasteiger partial charge < -0.3 is 0 Å². The van der Waals surface area contributed by atoms with Gasteiger partial charge in [0.05, 0.1) is 11.3 Å². The summed E-state index contributed by atoms with van der Waals surface area (Å²) in [5.41, 5.74) is -1.46. The fraction of sp³-hybridized carbons (Fsp3) is 0.533. The minimum atomic E-state index is -4.78. The van der Waals surface area contributed by atoms with E-state index in [1.807, 2.05) is 0 Å². The highest BCUT2D eigenvalue weighted by Gasteiger charge is 2.34. The lowest BCUT2D eigenvalue weighted by molar-refractivity contribution is -0.140. The van der Waals surface area contributed by atoms with E-state index in [1.165, 1.54) is 18.2 Å². The number of thioether (sulfide) groups is 1. The van der Waals surface area contributed by atoms with Gasteiger partial charge in [0.25, 0.3) is 0 Å². The number of hydrogen-bond acceptors (Lipinski definition) is 2. The van der Waals surface area contributed by atoms with Gasteiger partial charge in [0.1, 0.15) is 5.82 Å². The zero-order valence-corrected chi connectivity index (χ0v) is 12.2. The van der Waals surface area contributed by atoms with E-state index in [0.29, 0.717) is 17.4 Å². The summed E-state index contributed by atoms with van der Waals surface area (Å²) in [4.78, 5) is 12.0. The van der Waals surface area contributed by atoms with Crippen molar-refractivity contribution in [1.29, 1.82) is 0 Å². The first-order valence-corrected chi connectivity index (χ1v) is 7.94. The molecule has 0 N–H and O–H groups in total. The second-order valence-electron chi connectivity index (χ2n) is 5.19. The normalized spacial score (nSPS) is 17.0. The Morgan fingerprint density at radius 1 is 1.19 bits per heavy atom. The number of ketones is 1. The van der Waals surface area contributed by atoms with Crippen LogP contribution < -0.4 is 0 Å². The highest BCUT2D eigenvalue weighted by atomic mass is 32.2. The van der Waals surface area contributed by atoms with Crippen LogP contribution in [0.15, 0.2) is 18.2 Å². The topological polar surface area (TPSA) is 17.1 Å². The number of carbonyl (C=O) groups excluding carboxylic acids is 1. The second-order valence-corrected chi connectivity index (χ2v) is 6.48. The average Bonchev–Trinajstić information content (AvgIpc) is 2.45. The van der Waals surface area contributed by atoms with Crippen molar-refractivity contribution in [3.8, 4) is 0 Å². The van der Waals surface area contributed by atoms with E-state index in [-0.39, 0.29) is 17.1 Å². The maximum Gasteiger partial charge on any atom is 0.419 e. The van der Waals surface area contributed by atoms with Crippen LogP contribution >= 0.6 is 11.8 Å². The molecule has 1 nitrogen and oxygen atoms in total. The predicted molar refractivity (Wildman–Crippen MR) is 75.1 cm³/mol. The molecule has 116 valence electrons. The molecule has 0 radical (unpaired) electrons. The van der Waals surface area contributed by atoms with Gasteiger partial charge in [0, 0.05) is 10.8 Å². The summed E-state index contributed by atoms with van der Waals surface area (Å²) in [7, 11) is 0. The highest BCUT2D eigenvalue weighted by molar-refractivity contribution is 8.00. The van der Waals surface area contributed by atoms with E-state index in [0.717, 1.165) is 31.7 Å². The molecular weight excluding hydrogens is 304 g/mol. The smallest absolute Gasteiger partial charge is 0.293 e. The van der Waals surface area contributed by atoms with Gasteiger partial charge in [-0.05, 0) is 31.0 Å². The predicted octanol–water partition coefficient (Wildman–Crippen LogP) is 5.09. The summed E-state index contributed by atoms with van der Waals surface area (Å²) >= 11 is 1.49. The van der Waals surface area contributed by atoms with Gasteiger partial charge in [-0.2, -0.15) is 24.9 Å². The second kappa shape index (κ2) is 6.81. The Morgan fingerprint density at radius 2 is 1.86 bits per heavy atom. The van der Waals surface area contributed by atoms with E-state index in [2.05, 4.69) is 0 Å². The van der Waals surface area contributed by atoms with Gasteiger partial charge in [0.2, 0.25) is 0 Å². The molecule has 1 aliphatic carbocycles. The van der Waals surface area contributed by atoms with Crippen LogP contribution in [0, 0.1) is 5.82 Å². The van der Waals surface area contributed by atoms with Crippen LogP contribution in [0.1, 0.15) is 48.0 Å². The maximum absolute atomic E-state index is 13.2. The van der Waals surface area contributed by atoms with Crippen LogP contribution in [0.4, 0.5) is 17.6 Å². The van der Waals surface area contributed by atoms with E-state index < -0.39 is 17.6 Å². The third-order valence-corrected chi connectivity index (χ3v) is 4.97. The molecule has 1 aromatic rings. The molecule has 0 saturated heterocycles. The summed E-state index contributed by atoms with van der Waals surface area (Å²) in [5, 5.41) is 0.408. The fourth-order valence-corrected chi connectivity index (χ4v) is 3.65. The number of benzene rings is 1. The van der Waals surface area contributed by atoms with Crippen LogP contribution in [-0.2, 0) is 6.18 Å². The van der Waals surface area contributed by atoms with Gasteiger partial charge in [-0.1, -0.05) is 19.3 Å². The van der Waals surface area contributed by atoms with Crippen LogP contribution in [0.25, 0.3) is 0 Å². The van der Waals surface area contributed by atoms with Crippen molar-refractivity contribution in [3.05, 3.63) is 35.1 Å². The van der Waals surface area contributed by atoms with Crippen molar-refractivity contribution >= 4 is 17.5 Å². The van der Waals surface area contributed by atoms with Crippen molar-refractivity contribution in [1.82, 2.24) is 0 Å². The average molecular weight is 320 g/mol. The van der Waals surface area contributed by atoms with Gasteiger partial charge in [-0.15, -0.1) is 0 Å². The number of Topliss-reactive ketones (excluding diaryl/α,β-unsaturated/α-hetero) is 1. The van der Waals surface area contributed by atoms with Crippen LogP contribution in [0.5, 0.6) is 0 Å². The van der Waals surface area contributed by atoms with E-state index in [9.17, 15) is 22.4 Å². The molecule has 0 heterocycles. The number of halogens is 4. The standard InChI is InChI=1S/C15H16F4OS/c16-13-7-6-10(8-12(13)15(17,18)19)14(20)9-21-11-4-2-1-3-5-11/h6-8,11H,1-5,9H2. The monoisotopic (exact) mass is 320 g/mol. The molecule has 0 atom stereocenters. The maximum atomic E-state index is 13.2. The van der Waals surface area contributed by atoms with Gasteiger partial charge in [-0.25, -0.2) is 4.39 Å². The number of rotatable bonds is 4. The van der Waals surface area contributed by atoms with Crippen molar-refractivity contribution < 1.29 is 22.4 Å². The largest absolute Gasteiger partial charge is 0.419 e. The molecule has 0 unspecified atom stereocenters. The van der Waals surface area contributed by atoms with Crippen molar-refractivity contribution in [2.24, 2.45) is 0 Å². The third kappa shape index (κ3) is 4.46. The first-order valence-electron chi connectivity index (χ1n) is 6.89. The van der Waals surface area contributed by atoms with E-state index in [1.54, 1.807) is 0 Å². The summed E-state index contributed by atoms with van der Waals surface area (Å²) < 4.78 is 51.0. The van der Waals surface area contributed by atoms with E-state index >= 15 is 0 Å². The number of hydrogen-bond donors (Lipinski definition) is 0. The summed E-state index contributed by atoms with van der Waals surface area (Å²) in [6.45, 7) is 0. The lowest BCUT2D eigenvalue weighted by atomic mass is 10.0. The molecule has 0 bridgehead atoms. The Bertz CT molecular complexity index is 507. The zero-order chi connectivity index (χ0) is 15.5. The van der Waals surface area contributed by atoms with Crippen LogP contribution in [0.3, 0.4) is 0 Å². The number of alkyl halides is 3. The Kier molecular flexibility index (Phi) is 5.30. The molecule has 0 spiro atoms. The van der Waals surface area contributed by atoms with Gasteiger partial charge >= 0.3 is 6.18 Å². The molecule has 0 aliphatic heterocycles. The first kappa shape index (κ1) is 16.3. The molecule has 1 fully saturated rings. The fourth-order valence-electron chi connectivity index (χ4n) is 2.42. The SMILES string of the molecule is O=C(CSC1CCCCC1)c1ccc(F)c(C(F)(F)F)c1. The summed E-state index contributed by atoms with van der Waals surface area (Å²) in [6.07, 6.45) is 0.806. The zero-order valence-electron chi connectivity index (χ0n) is 11.4. The first-order chi connectivity index (χ1) is 9.88. The lowest BCUT2D eigenvalue weighted by Gasteiger charge is -2.20. The minimum Gasteiger partial charge on any atom is -0.293 e. The molecule has 0 amide bonds. The Balaban J connectivity index is 2.02. The molecule has 0 aromatic heterocycles. The molecular formula is C15H16F4OS. The van der Waals surface area contributed by atoms with Crippen molar-refractivity contribution in [2.45, 2.75) is 43.5 Å². The highest BCUT2D eigenvalue weighted by Crippen LogP contribution is 2.33. The molecule has 21 heavy (non-hydrogen) atoms. The van der Waals surface area contributed by atoms with E-state index in [4.69, 9.17) is 0 Å². The summed E-state index contributed by atoms with van der Waals surface area (Å²) in [5.74, 6) is -1.58. The van der Waals surface area contributed by atoms with Crippen LogP contribution in [-0.4, -0.2) is 16.8 Å². The lowest BCUT2D eigenvalue weighted by Crippen LogP contribution is -2.14. The van der Waals surface area contributed by atoms with Gasteiger partial charge in [0.15, 0.2) is 5.78 Å². The minimum absolute atomic E-state index is 0.0768. The third-order valence-electron chi connectivity index (χ3n) is 3.60. The molecule has 1 saturated carbocycles. The molecule has 1 aliphatic rings. The molecule has 6 heteroatoms. The summed E-state index contributed by atoms with van der Waals surface area (Å²) in [6, 6.07) is 2.44. The Labute approximate surface area is 125 Å². The molecule has 1 aromatic carbocycles. The van der Waals surface area contributed by atoms with Gasteiger partial charge in [-0.3, -0.25) is 4.79 Å². The Morgan fingerprint density at radius 3 is 2.48 bits per heavy atom. The quantitative estimate of drug-likeness (QED) is 0.567. The van der Waals surface area contributed by atoms with Crippen LogP contribution in [0.2, 0.25) is 0 Å².